The summed E-state index contributed by atoms with van der Waals surface area (Å²) in [5.74, 6) is -0.168. The Morgan fingerprint density at radius 1 is 0.696 bits per heavy atom. The van der Waals surface area contributed by atoms with E-state index in [1.165, 1.54) is 22.8 Å². The molecule has 0 saturated carbocycles. The molecule has 0 radical (unpaired) electrons. The molecule has 3 rings (SSSR count). The minimum atomic E-state index is -0.168. The summed E-state index contributed by atoms with van der Waals surface area (Å²) >= 11 is 0. The topological polar surface area (TPSA) is 12.0 Å². The Bertz CT molecular complexity index is 735. The van der Waals surface area contributed by atoms with Crippen molar-refractivity contribution in [3.05, 3.63) is 95.8 Å². The molecule has 0 aliphatic heterocycles. The third kappa shape index (κ3) is 4.51. The Morgan fingerprint density at radius 2 is 1.43 bits per heavy atom. The Morgan fingerprint density at radius 3 is 2.17 bits per heavy atom. The number of hydrogen-bond acceptors (Lipinski definition) is 1. The zero-order valence-corrected chi connectivity index (χ0v) is 13.0. The van der Waals surface area contributed by atoms with Crippen LogP contribution < -0.4 is 5.32 Å². The molecule has 0 bridgehead atoms. The average Bonchev–Trinajstić information content (AvgIpc) is 2.60. The van der Waals surface area contributed by atoms with Crippen LogP contribution in [-0.4, -0.2) is 6.54 Å². The Kier molecular flexibility index (Phi) is 5.17. The average molecular weight is 305 g/mol. The lowest BCUT2D eigenvalue weighted by Gasteiger charge is -2.07. The first-order valence-electron chi connectivity index (χ1n) is 7.91. The quantitative estimate of drug-likeness (QED) is 0.643. The summed E-state index contributed by atoms with van der Waals surface area (Å²) in [5.41, 5.74) is 4.74. The van der Waals surface area contributed by atoms with Gasteiger partial charge in [-0.15, -0.1) is 0 Å². The van der Waals surface area contributed by atoms with E-state index < -0.39 is 0 Å². The van der Waals surface area contributed by atoms with Gasteiger partial charge in [0.15, 0.2) is 0 Å². The van der Waals surface area contributed by atoms with E-state index in [0.29, 0.717) is 0 Å². The largest absolute Gasteiger partial charge is 0.312 e. The third-order valence-corrected chi connectivity index (χ3v) is 3.87. The van der Waals surface area contributed by atoms with E-state index in [-0.39, 0.29) is 5.82 Å². The first kappa shape index (κ1) is 15.4. The summed E-state index contributed by atoms with van der Waals surface area (Å²) in [6.07, 6.45) is 0.833. The highest BCUT2D eigenvalue weighted by molar-refractivity contribution is 5.63. The normalized spacial score (nSPS) is 10.7. The Labute approximate surface area is 136 Å². The highest BCUT2D eigenvalue weighted by atomic mass is 19.1. The molecule has 0 heterocycles. The van der Waals surface area contributed by atoms with E-state index in [1.54, 1.807) is 12.1 Å². The summed E-state index contributed by atoms with van der Waals surface area (Å²) in [4.78, 5) is 0. The van der Waals surface area contributed by atoms with E-state index in [1.807, 2.05) is 12.1 Å². The fraction of sp³-hybridized carbons (Fsp3) is 0.143. The van der Waals surface area contributed by atoms with Crippen LogP contribution in [0, 0.1) is 5.82 Å². The van der Waals surface area contributed by atoms with Crippen molar-refractivity contribution in [2.75, 3.05) is 6.54 Å². The van der Waals surface area contributed by atoms with E-state index in [4.69, 9.17) is 0 Å². The zero-order chi connectivity index (χ0) is 15.9. The van der Waals surface area contributed by atoms with Crippen LogP contribution >= 0.6 is 0 Å². The van der Waals surface area contributed by atoms with Gasteiger partial charge in [0.05, 0.1) is 0 Å². The molecule has 1 nitrogen and oxygen atoms in total. The highest BCUT2D eigenvalue weighted by Gasteiger charge is 1.98. The van der Waals surface area contributed by atoms with Gasteiger partial charge in [-0.05, 0) is 47.4 Å². The van der Waals surface area contributed by atoms with Crippen LogP contribution in [0.2, 0.25) is 0 Å². The number of rotatable bonds is 6. The van der Waals surface area contributed by atoms with Crippen molar-refractivity contribution in [2.45, 2.75) is 13.0 Å². The molecule has 0 saturated heterocycles. The molecule has 0 aromatic heterocycles. The fourth-order valence-corrected chi connectivity index (χ4v) is 2.60. The summed E-state index contributed by atoms with van der Waals surface area (Å²) in [6.45, 7) is 1.66. The molecule has 1 N–H and O–H groups in total. The first-order chi connectivity index (χ1) is 11.3. The second-order valence-corrected chi connectivity index (χ2v) is 5.62. The summed E-state index contributed by atoms with van der Waals surface area (Å²) < 4.78 is 13.1. The molecule has 0 atom stereocenters. The van der Waals surface area contributed by atoms with Crippen LogP contribution in [0.15, 0.2) is 78.9 Å². The van der Waals surface area contributed by atoms with Gasteiger partial charge in [0.2, 0.25) is 0 Å². The lowest BCUT2D eigenvalue weighted by Crippen LogP contribution is -2.16. The van der Waals surface area contributed by atoms with Crippen molar-refractivity contribution in [1.29, 1.82) is 0 Å². The molecule has 116 valence electrons. The lowest BCUT2D eigenvalue weighted by molar-refractivity contribution is 0.622. The van der Waals surface area contributed by atoms with Crippen molar-refractivity contribution in [3.63, 3.8) is 0 Å². The lowest BCUT2D eigenvalue weighted by atomic mass is 10.0. The van der Waals surface area contributed by atoms with E-state index in [0.717, 1.165) is 25.1 Å². The molecule has 3 aromatic rings. The van der Waals surface area contributed by atoms with Gasteiger partial charge in [-0.2, -0.15) is 0 Å². The van der Waals surface area contributed by atoms with E-state index in [2.05, 4.69) is 53.8 Å². The fourth-order valence-electron chi connectivity index (χ4n) is 2.60. The van der Waals surface area contributed by atoms with Gasteiger partial charge >= 0.3 is 0 Å². The maximum Gasteiger partial charge on any atom is 0.123 e. The summed E-state index contributed by atoms with van der Waals surface area (Å²) in [7, 11) is 0. The Balaban J connectivity index is 1.49. The molecular formula is C21H20FN. The number of benzene rings is 3. The SMILES string of the molecule is Fc1cccc(CCNCc2ccc(-c3ccccc3)cc2)c1. The molecule has 0 aliphatic carbocycles. The van der Waals surface area contributed by atoms with Crippen molar-refractivity contribution >= 4 is 0 Å². The molecule has 2 heteroatoms. The van der Waals surface area contributed by atoms with Crippen LogP contribution in [-0.2, 0) is 13.0 Å². The molecule has 0 amide bonds. The van der Waals surface area contributed by atoms with Crippen molar-refractivity contribution < 1.29 is 4.39 Å². The predicted molar refractivity (Wildman–Crippen MR) is 93.7 cm³/mol. The van der Waals surface area contributed by atoms with Crippen LogP contribution in [0.4, 0.5) is 4.39 Å². The number of halogens is 1. The molecule has 23 heavy (non-hydrogen) atoms. The van der Waals surface area contributed by atoms with Gasteiger partial charge < -0.3 is 5.32 Å². The van der Waals surface area contributed by atoms with Gasteiger partial charge in [0.1, 0.15) is 5.82 Å². The standard InChI is InChI=1S/C21H20FN/c22-21-8-4-5-17(15-21)13-14-23-16-18-9-11-20(12-10-18)19-6-2-1-3-7-19/h1-12,15,23H,13-14,16H2. The first-order valence-corrected chi connectivity index (χ1v) is 7.91. The molecule has 0 spiro atoms. The van der Waals surface area contributed by atoms with E-state index in [9.17, 15) is 4.39 Å². The van der Waals surface area contributed by atoms with Crippen LogP contribution in [0.3, 0.4) is 0 Å². The van der Waals surface area contributed by atoms with Crippen LogP contribution in [0.5, 0.6) is 0 Å². The maximum atomic E-state index is 13.1. The molecule has 0 fully saturated rings. The minimum Gasteiger partial charge on any atom is -0.312 e. The van der Waals surface area contributed by atoms with Gasteiger partial charge in [0, 0.05) is 6.54 Å². The minimum absolute atomic E-state index is 0.168. The van der Waals surface area contributed by atoms with Gasteiger partial charge in [-0.25, -0.2) is 4.39 Å². The van der Waals surface area contributed by atoms with Crippen molar-refractivity contribution in [2.24, 2.45) is 0 Å². The zero-order valence-electron chi connectivity index (χ0n) is 13.0. The second kappa shape index (κ2) is 7.70. The third-order valence-electron chi connectivity index (χ3n) is 3.87. The van der Waals surface area contributed by atoms with E-state index >= 15 is 0 Å². The van der Waals surface area contributed by atoms with Crippen LogP contribution in [0.1, 0.15) is 11.1 Å². The molecular weight excluding hydrogens is 285 g/mol. The number of nitrogens with one attached hydrogen (secondary N) is 1. The highest BCUT2D eigenvalue weighted by Crippen LogP contribution is 2.19. The monoisotopic (exact) mass is 305 g/mol. The maximum absolute atomic E-state index is 13.1. The van der Waals surface area contributed by atoms with Gasteiger partial charge in [-0.1, -0.05) is 66.7 Å². The summed E-state index contributed by atoms with van der Waals surface area (Å²) in [6, 6.07) is 25.8. The molecule has 3 aromatic carbocycles. The predicted octanol–water partition coefficient (Wildman–Crippen LogP) is 4.83. The van der Waals surface area contributed by atoms with Crippen molar-refractivity contribution in [3.8, 4) is 11.1 Å². The molecule has 0 unspecified atom stereocenters. The van der Waals surface area contributed by atoms with Gasteiger partial charge in [-0.3, -0.25) is 0 Å². The smallest absolute Gasteiger partial charge is 0.123 e. The Hall–Kier alpha value is -2.45. The van der Waals surface area contributed by atoms with Crippen LogP contribution in [0.25, 0.3) is 11.1 Å². The van der Waals surface area contributed by atoms with Gasteiger partial charge in [0.25, 0.3) is 0 Å². The van der Waals surface area contributed by atoms with Crippen molar-refractivity contribution in [1.82, 2.24) is 5.32 Å². The summed E-state index contributed by atoms with van der Waals surface area (Å²) in [5, 5.41) is 3.41. The second-order valence-electron chi connectivity index (χ2n) is 5.62. The number of hydrogen-bond donors (Lipinski definition) is 1. The molecule has 0 aliphatic rings.